The molecule has 2 aromatic carbocycles. The van der Waals surface area contributed by atoms with Crippen molar-refractivity contribution in [2.24, 2.45) is 10.8 Å². The van der Waals surface area contributed by atoms with Crippen molar-refractivity contribution in [2.75, 3.05) is 23.1 Å². The Hall–Kier alpha value is -3.55. The normalized spacial score (nSPS) is 19.5. The number of para-hydroxylation sites is 1. The summed E-state index contributed by atoms with van der Waals surface area (Å²) in [6, 6.07) is 16.0. The third-order valence-electron chi connectivity index (χ3n) is 5.56. The Morgan fingerprint density at radius 2 is 1.52 bits per heavy atom. The number of anilines is 2. The lowest BCUT2D eigenvalue weighted by Gasteiger charge is -2.27. The van der Waals surface area contributed by atoms with E-state index in [4.69, 9.17) is 4.84 Å². The predicted octanol–water partition coefficient (Wildman–Crippen LogP) is 2.93. The zero-order valence-electron chi connectivity index (χ0n) is 18.1. The average Bonchev–Trinajstić information content (AvgIpc) is 3.15. The van der Waals surface area contributed by atoms with Gasteiger partial charge in [-0.25, -0.2) is 9.80 Å². The number of rotatable bonds is 4. The highest BCUT2D eigenvalue weighted by Crippen LogP contribution is 2.34. The maximum absolute atomic E-state index is 12.9. The maximum Gasteiger partial charge on any atom is 0.365 e. The Labute approximate surface area is 181 Å². The molecule has 0 atom stereocenters. The monoisotopic (exact) mass is 422 g/mol. The summed E-state index contributed by atoms with van der Waals surface area (Å²) in [5, 5.41) is 4.46. The van der Waals surface area contributed by atoms with Gasteiger partial charge in [0, 0.05) is 0 Å². The molecule has 1 N–H and O–H groups in total. The number of hydroxylamine groups is 1. The molecule has 0 saturated carbocycles. The second-order valence-electron chi connectivity index (χ2n) is 9.19. The summed E-state index contributed by atoms with van der Waals surface area (Å²) in [4.78, 5) is 43.2. The van der Waals surface area contributed by atoms with E-state index in [1.165, 1.54) is 0 Å². The molecule has 2 heterocycles. The topological polar surface area (TPSA) is 82.2 Å². The number of hydrogen-bond donors (Lipinski definition) is 1. The number of nitrogens with one attached hydrogen (secondary N) is 1. The molecule has 0 radical (unpaired) electrons. The van der Waals surface area contributed by atoms with Gasteiger partial charge in [-0.15, -0.1) is 0 Å². The summed E-state index contributed by atoms with van der Waals surface area (Å²) < 4.78 is 0. The van der Waals surface area contributed by atoms with Gasteiger partial charge in [-0.2, -0.15) is 0 Å². The van der Waals surface area contributed by atoms with Crippen LogP contribution in [0.5, 0.6) is 0 Å². The summed E-state index contributed by atoms with van der Waals surface area (Å²) in [7, 11) is 0. The summed E-state index contributed by atoms with van der Waals surface area (Å²) in [5.74, 6) is -0.972. The van der Waals surface area contributed by atoms with Crippen molar-refractivity contribution in [2.45, 2.75) is 27.7 Å². The van der Waals surface area contributed by atoms with Gasteiger partial charge in [0.2, 0.25) is 5.91 Å². The van der Waals surface area contributed by atoms with Crippen LogP contribution in [0.3, 0.4) is 0 Å². The maximum atomic E-state index is 12.9. The lowest BCUT2D eigenvalue weighted by atomic mass is 9.94. The summed E-state index contributed by atoms with van der Waals surface area (Å²) in [6.45, 7) is 8.31. The van der Waals surface area contributed by atoms with Crippen molar-refractivity contribution < 1.29 is 19.2 Å². The van der Waals surface area contributed by atoms with Gasteiger partial charge in [0.1, 0.15) is 0 Å². The molecule has 4 rings (SSSR count). The highest BCUT2D eigenvalue weighted by Gasteiger charge is 2.47. The molecule has 8 nitrogen and oxygen atoms in total. The average molecular weight is 422 g/mol. The third kappa shape index (κ3) is 3.81. The van der Waals surface area contributed by atoms with Crippen LogP contribution in [0.2, 0.25) is 0 Å². The number of amides is 2. The predicted molar refractivity (Wildman–Crippen MR) is 116 cm³/mol. The lowest BCUT2D eigenvalue weighted by Crippen LogP contribution is -2.41. The second kappa shape index (κ2) is 7.30. The third-order valence-corrected chi connectivity index (χ3v) is 5.56. The Morgan fingerprint density at radius 1 is 0.871 bits per heavy atom. The molecule has 31 heavy (non-hydrogen) atoms. The molecule has 0 aliphatic carbocycles. The number of carbonyl (C=O) groups is 3. The van der Waals surface area contributed by atoms with Crippen molar-refractivity contribution >= 4 is 29.2 Å². The Bertz CT molecular complexity index is 1020. The molecule has 2 amide bonds. The van der Waals surface area contributed by atoms with E-state index in [2.05, 4.69) is 5.43 Å². The van der Waals surface area contributed by atoms with Crippen LogP contribution in [0.1, 0.15) is 38.1 Å². The molecule has 8 heteroatoms. The fraction of sp³-hybridized carbons (Fsp3) is 0.348. The van der Waals surface area contributed by atoms with Crippen LogP contribution < -0.4 is 15.4 Å². The zero-order valence-corrected chi connectivity index (χ0v) is 18.1. The summed E-state index contributed by atoms with van der Waals surface area (Å²) >= 11 is 0. The van der Waals surface area contributed by atoms with Crippen LogP contribution >= 0.6 is 0 Å². The molecule has 0 unspecified atom stereocenters. The van der Waals surface area contributed by atoms with Crippen molar-refractivity contribution in [3.8, 4) is 0 Å². The van der Waals surface area contributed by atoms with Gasteiger partial charge in [0.25, 0.3) is 5.91 Å². The van der Waals surface area contributed by atoms with Crippen LogP contribution in [0, 0.1) is 10.8 Å². The number of benzene rings is 2. The largest absolute Gasteiger partial charge is 0.365 e. The zero-order chi connectivity index (χ0) is 22.4. The molecular weight excluding hydrogens is 396 g/mol. The fourth-order valence-electron chi connectivity index (χ4n) is 3.61. The van der Waals surface area contributed by atoms with E-state index in [-0.39, 0.29) is 11.8 Å². The number of hydrogen-bond acceptors (Lipinski definition) is 6. The van der Waals surface area contributed by atoms with Crippen LogP contribution in [0.4, 0.5) is 11.4 Å². The minimum atomic E-state index is -0.694. The van der Waals surface area contributed by atoms with Gasteiger partial charge in [-0.05, 0) is 64.1 Å². The van der Waals surface area contributed by atoms with E-state index < -0.39 is 16.8 Å². The number of carbonyl (C=O) groups excluding carboxylic acids is 3. The molecule has 0 bridgehead atoms. The molecule has 0 aromatic heterocycles. The van der Waals surface area contributed by atoms with Gasteiger partial charge in [0.05, 0.1) is 40.9 Å². The Morgan fingerprint density at radius 3 is 2.10 bits per heavy atom. The van der Waals surface area contributed by atoms with Crippen molar-refractivity contribution in [3.05, 3.63) is 60.2 Å². The fourth-order valence-corrected chi connectivity index (χ4v) is 3.61. The summed E-state index contributed by atoms with van der Waals surface area (Å²) in [6.07, 6.45) is 0. The first-order valence-electron chi connectivity index (χ1n) is 10.2. The molecular formula is C23H26N4O4. The Kier molecular flexibility index (Phi) is 4.88. The molecule has 2 aliphatic heterocycles. The molecule has 2 aliphatic rings. The SMILES string of the molecule is CC1(C)CN(c2ccc(C(=O)ON3C(=O)C(C)(C)CN3c3ccccc3)cc2)NC1=O. The van der Waals surface area contributed by atoms with Crippen LogP contribution in [-0.4, -0.2) is 36.0 Å². The quantitative estimate of drug-likeness (QED) is 0.816. The van der Waals surface area contributed by atoms with Crippen molar-refractivity contribution in [1.82, 2.24) is 10.6 Å². The van der Waals surface area contributed by atoms with Gasteiger partial charge >= 0.3 is 5.97 Å². The van der Waals surface area contributed by atoms with E-state index in [0.717, 1.165) is 16.5 Å². The van der Waals surface area contributed by atoms with Crippen LogP contribution in [-0.2, 0) is 14.4 Å². The highest BCUT2D eigenvalue weighted by atomic mass is 16.8. The Balaban J connectivity index is 1.50. The first kappa shape index (κ1) is 20.7. The first-order chi connectivity index (χ1) is 14.6. The van der Waals surface area contributed by atoms with E-state index >= 15 is 0 Å². The molecule has 2 fully saturated rings. The number of hydrazine groups is 2. The number of nitrogens with zero attached hydrogens (tertiary/aromatic N) is 3. The van der Waals surface area contributed by atoms with Crippen LogP contribution in [0.25, 0.3) is 0 Å². The standard InChI is InChI=1S/C23H26N4O4/c1-22(2)14-25(24-20(22)29)17-12-10-16(11-13-17)19(28)31-27-21(30)23(3,4)15-26(27)18-8-6-5-7-9-18/h5-13H,14-15H2,1-4H3,(H,24,29). The minimum Gasteiger partial charge on any atom is -0.312 e. The first-order valence-corrected chi connectivity index (χ1v) is 10.2. The molecule has 162 valence electrons. The smallest absolute Gasteiger partial charge is 0.312 e. The molecule has 2 aromatic rings. The van der Waals surface area contributed by atoms with Gasteiger partial charge in [-0.3, -0.25) is 20.0 Å². The highest BCUT2D eigenvalue weighted by molar-refractivity contribution is 5.93. The minimum absolute atomic E-state index is 0.0489. The van der Waals surface area contributed by atoms with Gasteiger partial charge in [0.15, 0.2) is 0 Å². The van der Waals surface area contributed by atoms with Crippen molar-refractivity contribution in [1.29, 1.82) is 0 Å². The second-order valence-corrected chi connectivity index (χ2v) is 9.19. The van der Waals surface area contributed by atoms with E-state index in [9.17, 15) is 14.4 Å². The lowest BCUT2D eigenvalue weighted by molar-refractivity contribution is -0.167. The van der Waals surface area contributed by atoms with E-state index in [1.807, 2.05) is 58.0 Å². The van der Waals surface area contributed by atoms with E-state index in [1.54, 1.807) is 34.3 Å². The van der Waals surface area contributed by atoms with E-state index in [0.29, 0.717) is 18.7 Å². The van der Waals surface area contributed by atoms with Crippen LogP contribution in [0.15, 0.2) is 54.6 Å². The summed E-state index contributed by atoms with van der Waals surface area (Å²) in [5.41, 5.74) is 3.48. The molecule has 0 spiro atoms. The van der Waals surface area contributed by atoms with Gasteiger partial charge in [-0.1, -0.05) is 23.4 Å². The van der Waals surface area contributed by atoms with Crippen molar-refractivity contribution in [3.63, 3.8) is 0 Å². The molecule has 2 saturated heterocycles. The van der Waals surface area contributed by atoms with Gasteiger partial charge < -0.3 is 4.84 Å².